The molecule has 0 aromatic carbocycles. The molecule has 76 valence electrons. The Balaban J connectivity index is 3.10. The third-order valence-electron chi connectivity index (χ3n) is 1.59. The van der Waals surface area contributed by atoms with Gasteiger partial charge >= 0.3 is 6.18 Å². The van der Waals surface area contributed by atoms with E-state index >= 15 is 0 Å². The first-order valence-corrected chi connectivity index (χ1v) is 3.93. The molecule has 0 radical (unpaired) electrons. The number of nitrogens with zero attached hydrogens (tertiary/aromatic N) is 1. The van der Waals surface area contributed by atoms with Crippen molar-refractivity contribution < 1.29 is 13.2 Å². The maximum Gasteiger partial charge on any atom is 0.417 e. The summed E-state index contributed by atoms with van der Waals surface area (Å²) < 4.78 is 37.1. The van der Waals surface area contributed by atoms with Gasteiger partial charge in [-0.15, -0.1) is 0 Å². The molecular weight excluding hydrogens is 193 g/mol. The van der Waals surface area contributed by atoms with Gasteiger partial charge < -0.3 is 5.73 Å². The summed E-state index contributed by atoms with van der Waals surface area (Å²) in [4.78, 5) is 3.62. The number of alkyl halides is 3. The molecule has 0 amide bonds. The summed E-state index contributed by atoms with van der Waals surface area (Å²) in [6.45, 7) is 0.201. The summed E-state index contributed by atoms with van der Waals surface area (Å²) >= 11 is 0. The van der Waals surface area contributed by atoms with Gasteiger partial charge in [-0.05, 0) is 6.07 Å². The lowest BCUT2D eigenvalue weighted by molar-refractivity contribution is -0.137. The van der Waals surface area contributed by atoms with Crippen LogP contribution in [0.1, 0.15) is 11.1 Å². The molecule has 0 bridgehead atoms. The van der Waals surface area contributed by atoms with Crippen LogP contribution in [-0.4, -0.2) is 11.5 Å². The Morgan fingerprint density at radius 3 is 2.71 bits per heavy atom. The first-order valence-electron chi connectivity index (χ1n) is 3.93. The fourth-order valence-electron chi connectivity index (χ4n) is 0.993. The maximum absolute atomic E-state index is 12.4. The highest BCUT2D eigenvalue weighted by Crippen LogP contribution is 2.31. The Morgan fingerprint density at radius 1 is 1.43 bits per heavy atom. The Kier molecular flexibility index (Phi) is 3.24. The maximum atomic E-state index is 12.4. The van der Waals surface area contributed by atoms with Crippen LogP contribution in [0.5, 0.6) is 0 Å². The molecule has 0 aliphatic rings. The molecule has 14 heavy (non-hydrogen) atoms. The lowest BCUT2D eigenvalue weighted by Gasteiger charge is -2.08. The van der Waals surface area contributed by atoms with Crippen molar-refractivity contribution in [3.63, 3.8) is 0 Å². The van der Waals surface area contributed by atoms with Gasteiger partial charge in [0.25, 0.3) is 0 Å². The van der Waals surface area contributed by atoms with Crippen molar-refractivity contribution >= 4 is 6.08 Å². The number of aromatic nitrogens is 1. The van der Waals surface area contributed by atoms with Gasteiger partial charge in [-0.1, -0.05) is 12.2 Å². The fourth-order valence-corrected chi connectivity index (χ4v) is 0.993. The number of pyridine rings is 1. The average Bonchev–Trinajstić information content (AvgIpc) is 2.14. The van der Waals surface area contributed by atoms with Gasteiger partial charge in [-0.3, -0.25) is 4.98 Å². The van der Waals surface area contributed by atoms with Crippen molar-refractivity contribution in [3.8, 4) is 0 Å². The molecule has 0 saturated carbocycles. The molecule has 1 aromatic rings. The number of halogens is 3. The molecule has 0 saturated heterocycles. The summed E-state index contributed by atoms with van der Waals surface area (Å²) in [6.07, 6.45) is 0.691. The molecule has 0 aliphatic heterocycles. The fraction of sp³-hybridized carbons (Fsp3) is 0.222. The van der Waals surface area contributed by atoms with E-state index in [1.807, 2.05) is 0 Å². The highest BCUT2D eigenvalue weighted by atomic mass is 19.4. The molecule has 2 N–H and O–H groups in total. The van der Waals surface area contributed by atoms with E-state index in [2.05, 4.69) is 4.98 Å². The van der Waals surface area contributed by atoms with Crippen LogP contribution in [0, 0.1) is 0 Å². The third kappa shape index (κ3) is 2.56. The first-order chi connectivity index (χ1) is 6.55. The number of hydrogen-bond acceptors (Lipinski definition) is 2. The van der Waals surface area contributed by atoms with Crippen molar-refractivity contribution in [3.05, 3.63) is 35.7 Å². The molecule has 1 aromatic heterocycles. The van der Waals surface area contributed by atoms with Gasteiger partial charge in [0, 0.05) is 24.5 Å². The minimum Gasteiger partial charge on any atom is -0.327 e. The van der Waals surface area contributed by atoms with Crippen LogP contribution in [0.4, 0.5) is 13.2 Å². The third-order valence-corrected chi connectivity index (χ3v) is 1.59. The predicted molar refractivity (Wildman–Crippen MR) is 47.3 cm³/mol. The quantitative estimate of drug-likeness (QED) is 0.797. The molecule has 0 aliphatic carbocycles. The summed E-state index contributed by atoms with van der Waals surface area (Å²) in [5.74, 6) is 0. The highest BCUT2D eigenvalue weighted by Gasteiger charge is 2.32. The monoisotopic (exact) mass is 202 g/mol. The molecule has 5 heteroatoms. The molecule has 0 spiro atoms. The standard InChI is InChI=1S/C9H9F3N2/c10-9(11,12)8-3-5-14-6-7(8)2-1-4-13/h1-3,5-6H,4,13H2. The van der Waals surface area contributed by atoms with Crippen LogP contribution >= 0.6 is 0 Å². The van der Waals surface area contributed by atoms with Crippen LogP contribution < -0.4 is 5.73 Å². The van der Waals surface area contributed by atoms with Crippen molar-refractivity contribution in [1.29, 1.82) is 0 Å². The zero-order chi connectivity index (χ0) is 10.6. The average molecular weight is 202 g/mol. The predicted octanol–water partition coefficient (Wildman–Crippen LogP) is 2.07. The summed E-state index contributed by atoms with van der Waals surface area (Å²) in [6, 6.07) is 0.941. The topological polar surface area (TPSA) is 38.9 Å². The van der Waals surface area contributed by atoms with E-state index in [0.29, 0.717) is 0 Å². The minimum atomic E-state index is -4.35. The van der Waals surface area contributed by atoms with Crippen LogP contribution in [0.3, 0.4) is 0 Å². The van der Waals surface area contributed by atoms with E-state index in [0.717, 1.165) is 18.5 Å². The molecule has 0 atom stereocenters. The smallest absolute Gasteiger partial charge is 0.327 e. The van der Waals surface area contributed by atoms with Crippen molar-refractivity contribution in [2.24, 2.45) is 5.73 Å². The molecule has 2 nitrogen and oxygen atoms in total. The molecule has 0 fully saturated rings. The Labute approximate surface area is 79.3 Å². The van der Waals surface area contributed by atoms with Gasteiger partial charge in [0.1, 0.15) is 0 Å². The zero-order valence-electron chi connectivity index (χ0n) is 7.25. The van der Waals surface area contributed by atoms with Gasteiger partial charge in [0.05, 0.1) is 5.56 Å². The van der Waals surface area contributed by atoms with E-state index in [1.165, 1.54) is 12.2 Å². The minimum absolute atomic E-state index is 0.0328. The zero-order valence-corrected chi connectivity index (χ0v) is 7.25. The Bertz CT molecular complexity index is 331. The number of rotatable bonds is 2. The summed E-state index contributed by atoms with van der Waals surface area (Å²) in [5, 5.41) is 0. The summed E-state index contributed by atoms with van der Waals surface area (Å²) in [5.41, 5.74) is 4.48. The Morgan fingerprint density at radius 2 is 2.14 bits per heavy atom. The van der Waals surface area contributed by atoms with Crippen LogP contribution in [0.15, 0.2) is 24.5 Å². The van der Waals surface area contributed by atoms with Gasteiger partial charge in [-0.2, -0.15) is 13.2 Å². The highest BCUT2D eigenvalue weighted by molar-refractivity contribution is 5.53. The van der Waals surface area contributed by atoms with Crippen LogP contribution in [-0.2, 0) is 6.18 Å². The lowest BCUT2D eigenvalue weighted by Crippen LogP contribution is -2.07. The second kappa shape index (κ2) is 4.23. The number of nitrogens with two attached hydrogens (primary N) is 1. The Hall–Kier alpha value is -1.36. The van der Waals surface area contributed by atoms with Gasteiger partial charge in [0.15, 0.2) is 0 Å². The van der Waals surface area contributed by atoms with E-state index in [-0.39, 0.29) is 12.1 Å². The lowest BCUT2D eigenvalue weighted by atomic mass is 10.1. The van der Waals surface area contributed by atoms with Crippen molar-refractivity contribution in [2.75, 3.05) is 6.54 Å². The van der Waals surface area contributed by atoms with Crippen molar-refractivity contribution in [2.45, 2.75) is 6.18 Å². The van der Waals surface area contributed by atoms with E-state index in [9.17, 15) is 13.2 Å². The molecular formula is C9H9F3N2. The number of hydrogen-bond donors (Lipinski definition) is 1. The molecule has 1 rings (SSSR count). The largest absolute Gasteiger partial charge is 0.417 e. The van der Waals surface area contributed by atoms with Gasteiger partial charge in [0.2, 0.25) is 0 Å². The summed E-state index contributed by atoms with van der Waals surface area (Å²) in [7, 11) is 0. The van der Waals surface area contributed by atoms with E-state index < -0.39 is 11.7 Å². The molecule has 0 unspecified atom stereocenters. The second-order valence-corrected chi connectivity index (χ2v) is 2.60. The first kappa shape index (κ1) is 10.7. The normalized spacial score (nSPS) is 12.3. The van der Waals surface area contributed by atoms with E-state index in [4.69, 9.17) is 5.73 Å². The van der Waals surface area contributed by atoms with Crippen LogP contribution in [0.2, 0.25) is 0 Å². The van der Waals surface area contributed by atoms with E-state index in [1.54, 1.807) is 0 Å². The van der Waals surface area contributed by atoms with Crippen LogP contribution in [0.25, 0.3) is 6.08 Å². The van der Waals surface area contributed by atoms with Crippen molar-refractivity contribution in [1.82, 2.24) is 4.98 Å². The molecule has 1 heterocycles. The van der Waals surface area contributed by atoms with Gasteiger partial charge in [-0.25, -0.2) is 0 Å². The SMILES string of the molecule is NCC=Cc1cnccc1C(F)(F)F. The second-order valence-electron chi connectivity index (χ2n) is 2.60.